The van der Waals surface area contributed by atoms with Crippen molar-refractivity contribution in [3.63, 3.8) is 0 Å². The Hall–Kier alpha value is -1.88. The minimum absolute atomic E-state index is 0.0879. The lowest BCUT2D eigenvalue weighted by Gasteiger charge is -2.19. The molecule has 0 radical (unpaired) electrons. The Morgan fingerprint density at radius 1 is 1.15 bits per heavy atom. The van der Waals surface area contributed by atoms with Crippen LogP contribution in [0.5, 0.6) is 0 Å². The van der Waals surface area contributed by atoms with Gasteiger partial charge in [0.05, 0.1) is 0 Å². The highest BCUT2D eigenvalue weighted by Crippen LogP contribution is 2.21. The van der Waals surface area contributed by atoms with E-state index in [1.807, 2.05) is 6.92 Å². The molecule has 2 rings (SSSR count). The lowest BCUT2D eigenvalue weighted by Crippen LogP contribution is -2.25. The van der Waals surface area contributed by atoms with Crippen molar-refractivity contribution in [2.45, 2.75) is 25.8 Å². The van der Waals surface area contributed by atoms with Crippen LogP contribution in [0, 0.1) is 11.6 Å². The molecular formula is C15H17F2N3. The number of aromatic nitrogens is 2. The van der Waals surface area contributed by atoms with E-state index in [2.05, 4.69) is 15.3 Å². The lowest BCUT2D eigenvalue weighted by molar-refractivity contribution is 0.488. The monoisotopic (exact) mass is 277 g/mol. The molecule has 0 saturated carbocycles. The summed E-state index contributed by atoms with van der Waals surface area (Å²) < 4.78 is 27.5. The topological polar surface area (TPSA) is 37.8 Å². The molecule has 5 heteroatoms. The van der Waals surface area contributed by atoms with E-state index in [4.69, 9.17) is 0 Å². The molecule has 1 N–H and O–H groups in total. The zero-order chi connectivity index (χ0) is 14.4. The molecule has 106 valence electrons. The summed E-state index contributed by atoms with van der Waals surface area (Å²) in [4.78, 5) is 7.92. The molecular weight excluding hydrogens is 260 g/mol. The quantitative estimate of drug-likeness (QED) is 0.882. The van der Waals surface area contributed by atoms with Crippen molar-refractivity contribution >= 4 is 0 Å². The van der Waals surface area contributed by atoms with Crippen molar-refractivity contribution in [1.82, 2.24) is 15.3 Å². The van der Waals surface area contributed by atoms with E-state index in [1.165, 1.54) is 24.5 Å². The molecule has 1 heterocycles. The minimum atomic E-state index is -0.523. The highest BCUT2D eigenvalue weighted by molar-refractivity contribution is 5.23. The van der Waals surface area contributed by atoms with E-state index >= 15 is 0 Å². The molecule has 0 aliphatic carbocycles. The second kappa shape index (κ2) is 7.05. The van der Waals surface area contributed by atoms with Gasteiger partial charge in [0.15, 0.2) is 0 Å². The van der Waals surface area contributed by atoms with Gasteiger partial charge >= 0.3 is 0 Å². The molecule has 1 unspecified atom stereocenters. The molecule has 0 aliphatic heterocycles. The Balaban J connectivity index is 2.24. The van der Waals surface area contributed by atoms with Gasteiger partial charge in [-0.2, -0.15) is 0 Å². The Labute approximate surface area is 117 Å². The average molecular weight is 277 g/mol. The van der Waals surface area contributed by atoms with Crippen molar-refractivity contribution in [3.8, 4) is 0 Å². The third-order valence-electron chi connectivity index (χ3n) is 3.09. The van der Waals surface area contributed by atoms with Gasteiger partial charge in [0.1, 0.15) is 18.0 Å². The summed E-state index contributed by atoms with van der Waals surface area (Å²) in [6.07, 6.45) is 5.93. The molecule has 1 atom stereocenters. The maximum atomic E-state index is 13.7. The van der Waals surface area contributed by atoms with Gasteiger partial charge in [-0.3, -0.25) is 0 Å². The van der Waals surface area contributed by atoms with Gasteiger partial charge in [-0.05, 0) is 31.5 Å². The number of hydrogen-bond acceptors (Lipinski definition) is 3. The average Bonchev–Trinajstić information content (AvgIpc) is 2.47. The summed E-state index contributed by atoms with van der Waals surface area (Å²) in [6, 6.07) is 3.71. The summed E-state index contributed by atoms with van der Waals surface area (Å²) >= 11 is 0. The number of nitrogens with zero attached hydrogens (tertiary/aromatic N) is 2. The number of halogens is 2. The number of nitrogens with one attached hydrogen (secondary N) is 1. The highest BCUT2D eigenvalue weighted by atomic mass is 19.1. The van der Waals surface area contributed by atoms with E-state index in [9.17, 15) is 8.78 Å². The molecule has 1 aromatic heterocycles. The molecule has 0 saturated heterocycles. The summed E-state index contributed by atoms with van der Waals surface area (Å²) in [5.41, 5.74) is 0.911. The van der Waals surface area contributed by atoms with Gasteiger partial charge in [-0.25, -0.2) is 18.7 Å². The van der Waals surface area contributed by atoms with Gasteiger partial charge in [-0.1, -0.05) is 13.0 Å². The fourth-order valence-electron chi connectivity index (χ4n) is 2.05. The van der Waals surface area contributed by atoms with Crippen LogP contribution >= 0.6 is 0 Å². The van der Waals surface area contributed by atoms with Crippen LogP contribution in [0.4, 0.5) is 8.78 Å². The molecule has 0 bridgehead atoms. The molecule has 1 aromatic carbocycles. The Bertz CT molecular complexity index is 526. The molecule has 0 spiro atoms. The van der Waals surface area contributed by atoms with Crippen molar-refractivity contribution in [2.24, 2.45) is 0 Å². The maximum Gasteiger partial charge on any atom is 0.129 e. The third kappa shape index (κ3) is 3.57. The summed E-state index contributed by atoms with van der Waals surface area (Å²) in [6.45, 7) is 2.80. The van der Waals surface area contributed by atoms with Crippen LogP contribution in [0.15, 0.2) is 36.9 Å². The van der Waals surface area contributed by atoms with Gasteiger partial charge in [0.2, 0.25) is 0 Å². The molecule has 3 nitrogen and oxygen atoms in total. The molecule has 0 aliphatic rings. The summed E-state index contributed by atoms with van der Waals surface area (Å²) in [5, 5.41) is 3.28. The minimum Gasteiger partial charge on any atom is -0.310 e. The summed E-state index contributed by atoms with van der Waals surface area (Å²) in [5.74, 6) is -1.05. The SMILES string of the molecule is CCCNC(Cc1c(F)cccc1F)c1cncnc1. The van der Waals surface area contributed by atoms with Gasteiger partial charge < -0.3 is 5.32 Å². The number of benzene rings is 1. The molecule has 2 aromatic rings. The Kier molecular flexibility index (Phi) is 5.12. The first-order chi connectivity index (χ1) is 9.72. The van der Waals surface area contributed by atoms with Crippen molar-refractivity contribution in [1.29, 1.82) is 0 Å². The fourth-order valence-corrected chi connectivity index (χ4v) is 2.05. The number of rotatable bonds is 6. The first-order valence-corrected chi connectivity index (χ1v) is 6.63. The largest absolute Gasteiger partial charge is 0.310 e. The fraction of sp³-hybridized carbons (Fsp3) is 0.333. The standard InChI is InChI=1S/C15H17F2N3/c1-2-6-20-15(11-8-18-10-19-9-11)7-12-13(16)4-3-5-14(12)17/h3-5,8-10,15,20H,2,6-7H2,1H3. The van der Waals surface area contributed by atoms with Crippen LogP contribution in [-0.2, 0) is 6.42 Å². The highest BCUT2D eigenvalue weighted by Gasteiger charge is 2.17. The van der Waals surface area contributed by atoms with Crippen LogP contribution in [0.3, 0.4) is 0 Å². The second-order valence-corrected chi connectivity index (χ2v) is 4.58. The second-order valence-electron chi connectivity index (χ2n) is 4.58. The van der Waals surface area contributed by atoms with E-state index in [0.717, 1.165) is 18.5 Å². The maximum absolute atomic E-state index is 13.7. The normalized spacial score (nSPS) is 12.3. The predicted molar refractivity (Wildman–Crippen MR) is 73.1 cm³/mol. The Morgan fingerprint density at radius 3 is 2.40 bits per heavy atom. The van der Waals surface area contributed by atoms with E-state index in [1.54, 1.807) is 12.4 Å². The first-order valence-electron chi connectivity index (χ1n) is 6.63. The van der Waals surface area contributed by atoms with Crippen LogP contribution in [-0.4, -0.2) is 16.5 Å². The van der Waals surface area contributed by atoms with E-state index < -0.39 is 11.6 Å². The zero-order valence-corrected chi connectivity index (χ0v) is 11.3. The first kappa shape index (κ1) is 14.5. The van der Waals surface area contributed by atoms with Gasteiger partial charge in [-0.15, -0.1) is 0 Å². The van der Waals surface area contributed by atoms with Gasteiger partial charge in [0, 0.05) is 29.6 Å². The third-order valence-corrected chi connectivity index (χ3v) is 3.09. The molecule has 0 fully saturated rings. The molecule has 20 heavy (non-hydrogen) atoms. The van der Waals surface area contributed by atoms with Crippen LogP contribution in [0.25, 0.3) is 0 Å². The van der Waals surface area contributed by atoms with Crippen molar-refractivity contribution in [3.05, 3.63) is 59.7 Å². The van der Waals surface area contributed by atoms with E-state index in [0.29, 0.717) is 0 Å². The van der Waals surface area contributed by atoms with Crippen LogP contribution in [0.2, 0.25) is 0 Å². The lowest BCUT2D eigenvalue weighted by atomic mass is 10.00. The summed E-state index contributed by atoms with van der Waals surface area (Å²) in [7, 11) is 0. The van der Waals surface area contributed by atoms with Crippen molar-refractivity contribution < 1.29 is 8.78 Å². The smallest absolute Gasteiger partial charge is 0.129 e. The van der Waals surface area contributed by atoms with Crippen LogP contribution in [0.1, 0.15) is 30.5 Å². The number of hydrogen-bond donors (Lipinski definition) is 1. The van der Waals surface area contributed by atoms with Gasteiger partial charge in [0.25, 0.3) is 0 Å². The molecule has 0 amide bonds. The zero-order valence-electron chi connectivity index (χ0n) is 11.3. The van der Waals surface area contributed by atoms with Crippen molar-refractivity contribution in [2.75, 3.05) is 6.54 Å². The predicted octanol–water partition coefficient (Wildman–Crippen LogP) is 3.04. The Morgan fingerprint density at radius 2 is 1.80 bits per heavy atom. The van der Waals surface area contributed by atoms with Crippen LogP contribution < -0.4 is 5.32 Å². The van der Waals surface area contributed by atoms with E-state index in [-0.39, 0.29) is 18.0 Å².